The number of H-pyrrole nitrogens is 2. The zero-order valence-electron chi connectivity index (χ0n) is 7.06. The van der Waals surface area contributed by atoms with Gasteiger partial charge in [0, 0.05) is 18.5 Å². The molecule has 0 radical (unpaired) electrons. The number of nitrogens with zero attached hydrogens (tertiary/aromatic N) is 1. The first-order chi connectivity index (χ1) is 6.68. The van der Waals surface area contributed by atoms with Gasteiger partial charge >= 0.3 is 0 Å². The van der Waals surface area contributed by atoms with E-state index in [2.05, 4.69) is 19.9 Å². The van der Waals surface area contributed by atoms with Gasteiger partial charge in [0.2, 0.25) is 0 Å². The fraction of sp³-hybridized carbons (Fsp3) is 0. The molecule has 0 atom stereocenters. The molecule has 0 fully saturated rings. The number of hydrogen-bond donors (Lipinski definition) is 3. The smallest absolute Gasteiger partial charge is 0.264 e. The Morgan fingerprint density at radius 2 is 2.21 bits per heavy atom. The number of nitrogens with one attached hydrogen (secondary N) is 3. The minimum absolute atomic E-state index is 0.187. The number of rotatable bonds is 3. The topological polar surface area (TPSA) is 90.6 Å². The second-order valence-electron chi connectivity index (χ2n) is 2.62. The van der Waals surface area contributed by atoms with Gasteiger partial charge in [-0.05, 0) is 6.07 Å². The zero-order valence-corrected chi connectivity index (χ0v) is 7.88. The van der Waals surface area contributed by atoms with Gasteiger partial charge in [-0.1, -0.05) is 0 Å². The molecule has 7 heteroatoms. The highest BCUT2D eigenvalue weighted by atomic mass is 32.2. The van der Waals surface area contributed by atoms with Crippen LogP contribution in [0.3, 0.4) is 0 Å². The Labute approximate surface area is 80.4 Å². The van der Waals surface area contributed by atoms with Gasteiger partial charge in [-0.25, -0.2) is 8.42 Å². The SMILES string of the molecule is O=S(=O)(Nc1ccn[nH]1)c1cc[nH]c1. The summed E-state index contributed by atoms with van der Waals surface area (Å²) in [6, 6.07) is 3.00. The maximum absolute atomic E-state index is 11.6. The van der Waals surface area contributed by atoms with Crippen molar-refractivity contribution < 1.29 is 8.42 Å². The fourth-order valence-electron chi connectivity index (χ4n) is 0.992. The average Bonchev–Trinajstić information content (AvgIpc) is 2.71. The normalized spacial score (nSPS) is 11.4. The van der Waals surface area contributed by atoms with Gasteiger partial charge in [0.1, 0.15) is 10.7 Å². The van der Waals surface area contributed by atoms with Crippen LogP contribution in [0.25, 0.3) is 0 Å². The van der Waals surface area contributed by atoms with Gasteiger partial charge in [-0.15, -0.1) is 0 Å². The second-order valence-corrected chi connectivity index (χ2v) is 4.30. The maximum atomic E-state index is 11.6. The Bertz CT molecular complexity index is 486. The van der Waals surface area contributed by atoms with Crippen LogP contribution in [0.2, 0.25) is 0 Å². The Morgan fingerprint density at radius 3 is 2.79 bits per heavy atom. The molecule has 2 rings (SSSR count). The number of aromatic nitrogens is 3. The molecule has 0 aliphatic rings. The highest BCUT2D eigenvalue weighted by Crippen LogP contribution is 2.11. The quantitative estimate of drug-likeness (QED) is 0.693. The lowest BCUT2D eigenvalue weighted by Gasteiger charge is -2.02. The zero-order chi connectivity index (χ0) is 10.0. The first kappa shape index (κ1) is 8.82. The van der Waals surface area contributed by atoms with E-state index in [0.717, 1.165) is 0 Å². The number of aromatic amines is 2. The van der Waals surface area contributed by atoms with E-state index in [1.54, 1.807) is 6.20 Å². The molecule has 14 heavy (non-hydrogen) atoms. The molecule has 0 aliphatic heterocycles. The van der Waals surface area contributed by atoms with Crippen molar-refractivity contribution >= 4 is 15.8 Å². The van der Waals surface area contributed by atoms with Crippen molar-refractivity contribution in [3.05, 3.63) is 30.7 Å². The summed E-state index contributed by atoms with van der Waals surface area (Å²) in [5.41, 5.74) is 0. The van der Waals surface area contributed by atoms with E-state index >= 15 is 0 Å². The molecule has 0 aliphatic carbocycles. The third kappa shape index (κ3) is 1.62. The first-order valence-electron chi connectivity index (χ1n) is 3.83. The Kier molecular flexibility index (Phi) is 2.01. The van der Waals surface area contributed by atoms with Crippen molar-refractivity contribution in [2.24, 2.45) is 0 Å². The number of hydrogen-bond acceptors (Lipinski definition) is 3. The number of sulfonamides is 1. The molecule has 74 valence electrons. The Morgan fingerprint density at radius 1 is 1.36 bits per heavy atom. The van der Waals surface area contributed by atoms with Crippen molar-refractivity contribution in [1.29, 1.82) is 0 Å². The maximum Gasteiger partial charge on any atom is 0.264 e. The van der Waals surface area contributed by atoms with E-state index in [0.29, 0.717) is 5.82 Å². The van der Waals surface area contributed by atoms with Crippen LogP contribution in [0.4, 0.5) is 5.82 Å². The van der Waals surface area contributed by atoms with E-state index in [1.165, 1.54) is 24.5 Å². The molecule has 3 N–H and O–H groups in total. The molecule has 0 aromatic carbocycles. The van der Waals surface area contributed by atoms with Crippen LogP contribution < -0.4 is 4.72 Å². The van der Waals surface area contributed by atoms with Crippen molar-refractivity contribution in [2.75, 3.05) is 4.72 Å². The molecule has 2 aromatic rings. The highest BCUT2D eigenvalue weighted by molar-refractivity contribution is 7.92. The summed E-state index contributed by atoms with van der Waals surface area (Å²) in [4.78, 5) is 2.86. The van der Waals surface area contributed by atoms with E-state index in [1.807, 2.05) is 0 Å². The minimum Gasteiger partial charge on any atom is -0.366 e. The monoisotopic (exact) mass is 212 g/mol. The first-order valence-corrected chi connectivity index (χ1v) is 5.32. The summed E-state index contributed by atoms with van der Waals surface area (Å²) >= 11 is 0. The molecule has 6 nitrogen and oxygen atoms in total. The van der Waals surface area contributed by atoms with Gasteiger partial charge in [-0.2, -0.15) is 5.10 Å². The van der Waals surface area contributed by atoms with Crippen LogP contribution in [0.5, 0.6) is 0 Å². The van der Waals surface area contributed by atoms with Crippen LogP contribution in [0.1, 0.15) is 0 Å². The van der Waals surface area contributed by atoms with Crippen molar-refractivity contribution in [2.45, 2.75) is 4.90 Å². The lowest BCUT2D eigenvalue weighted by molar-refractivity contribution is 0.601. The second kappa shape index (κ2) is 3.18. The summed E-state index contributed by atoms with van der Waals surface area (Å²) in [5, 5.41) is 6.13. The summed E-state index contributed by atoms with van der Waals surface area (Å²) in [6.07, 6.45) is 4.41. The van der Waals surface area contributed by atoms with E-state index in [-0.39, 0.29) is 4.90 Å². The van der Waals surface area contributed by atoms with E-state index in [4.69, 9.17) is 0 Å². The molecule has 0 bridgehead atoms. The van der Waals surface area contributed by atoms with Gasteiger partial charge in [0.25, 0.3) is 10.0 Å². The van der Waals surface area contributed by atoms with Gasteiger partial charge in [0.05, 0.1) is 6.20 Å². The molecular formula is C7H8N4O2S. The van der Waals surface area contributed by atoms with Gasteiger partial charge < -0.3 is 4.98 Å². The van der Waals surface area contributed by atoms with Crippen molar-refractivity contribution in [3.8, 4) is 0 Å². The van der Waals surface area contributed by atoms with E-state index < -0.39 is 10.0 Å². The minimum atomic E-state index is -3.49. The molecular weight excluding hydrogens is 204 g/mol. The Hall–Kier alpha value is -1.76. The molecule has 0 spiro atoms. The predicted octanol–water partition coefficient (Wildman–Crippen LogP) is 0.539. The average molecular weight is 212 g/mol. The van der Waals surface area contributed by atoms with Crippen LogP contribution in [0.15, 0.2) is 35.6 Å². The lowest BCUT2D eigenvalue weighted by atomic mass is 10.7. The summed E-state index contributed by atoms with van der Waals surface area (Å²) in [7, 11) is -3.49. The molecule has 2 aromatic heterocycles. The van der Waals surface area contributed by atoms with Crippen LogP contribution in [-0.4, -0.2) is 23.6 Å². The summed E-state index contributed by atoms with van der Waals surface area (Å²) in [5.74, 6) is 0.339. The van der Waals surface area contributed by atoms with Gasteiger partial charge in [-0.3, -0.25) is 9.82 Å². The van der Waals surface area contributed by atoms with Crippen molar-refractivity contribution in [1.82, 2.24) is 15.2 Å². The molecule has 0 unspecified atom stereocenters. The molecule has 2 heterocycles. The predicted molar refractivity (Wildman–Crippen MR) is 50.2 cm³/mol. The summed E-state index contributed by atoms with van der Waals surface area (Å²) < 4.78 is 25.5. The lowest BCUT2D eigenvalue weighted by Crippen LogP contribution is -2.12. The van der Waals surface area contributed by atoms with E-state index in [9.17, 15) is 8.42 Å². The number of anilines is 1. The third-order valence-electron chi connectivity index (χ3n) is 1.62. The van der Waals surface area contributed by atoms with Crippen molar-refractivity contribution in [3.63, 3.8) is 0 Å². The highest BCUT2D eigenvalue weighted by Gasteiger charge is 2.14. The molecule has 0 saturated carbocycles. The fourth-order valence-corrected chi connectivity index (χ4v) is 1.98. The third-order valence-corrected chi connectivity index (χ3v) is 2.99. The largest absolute Gasteiger partial charge is 0.366 e. The standard InChI is InChI=1S/C7H8N4O2S/c12-14(13,6-1-3-8-5-6)11-7-2-4-9-10-7/h1-5,8H,(H2,9,10,11). The molecule has 0 saturated heterocycles. The summed E-state index contributed by atoms with van der Waals surface area (Å²) in [6.45, 7) is 0. The van der Waals surface area contributed by atoms with Gasteiger partial charge in [0.15, 0.2) is 0 Å². The van der Waals surface area contributed by atoms with Crippen LogP contribution in [0, 0.1) is 0 Å². The molecule has 0 amide bonds. The Balaban J connectivity index is 2.27. The van der Waals surface area contributed by atoms with Crippen LogP contribution in [-0.2, 0) is 10.0 Å². The van der Waals surface area contributed by atoms with Crippen LogP contribution >= 0.6 is 0 Å².